The van der Waals surface area contributed by atoms with Crippen LogP contribution in [0.3, 0.4) is 0 Å². The van der Waals surface area contributed by atoms with E-state index in [0.717, 1.165) is 11.8 Å². The molecule has 1 heterocycles. The Morgan fingerprint density at radius 1 is 1.18 bits per heavy atom. The average molecular weight is 242 g/mol. The van der Waals surface area contributed by atoms with Gasteiger partial charge < -0.3 is 4.74 Å². The molecule has 0 aliphatic rings. The van der Waals surface area contributed by atoms with Crippen LogP contribution in [-0.2, 0) is 0 Å². The molecule has 0 spiro atoms. The number of ether oxygens (including phenoxy) is 1. The van der Waals surface area contributed by atoms with Crippen LogP contribution in [-0.4, -0.2) is 16.1 Å². The quantitative estimate of drug-likeness (QED) is 0.809. The molecule has 3 nitrogen and oxygen atoms in total. The minimum atomic E-state index is -4.69. The van der Waals surface area contributed by atoms with Crippen molar-refractivity contribution in [2.24, 2.45) is 0 Å². The number of benzene rings is 1. The van der Waals surface area contributed by atoms with Crippen molar-refractivity contribution >= 4 is 0 Å². The zero-order valence-corrected chi connectivity index (χ0v) is 8.90. The monoisotopic (exact) mass is 242 g/mol. The van der Waals surface area contributed by atoms with Gasteiger partial charge in [-0.1, -0.05) is 17.7 Å². The van der Waals surface area contributed by atoms with E-state index in [-0.39, 0.29) is 5.75 Å². The highest BCUT2D eigenvalue weighted by Crippen LogP contribution is 2.22. The van der Waals surface area contributed by atoms with Crippen LogP contribution in [0.2, 0.25) is 0 Å². The number of halogens is 3. The van der Waals surface area contributed by atoms with Crippen LogP contribution >= 0.6 is 0 Å². The Morgan fingerprint density at radius 3 is 2.41 bits per heavy atom. The summed E-state index contributed by atoms with van der Waals surface area (Å²) in [6, 6.07) is 7.22. The Balaban J connectivity index is 2.21. The highest BCUT2D eigenvalue weighted by atomic mass is 19.4. The van der Waals surface area contributed by atoms with Gasteiger partial charge in [0.2, 0.25) is 0 Å². The second-order valence-corrected chi connectivity index (χ2v) is 3.50. The molecule has 0 aliphatic carbocycles. The zero-order chi connectivity index (χ0) is 12.5. The summed E-state index contributed by atoms with van der Waals surface area (Å²) >= 11 is 0. The van der Waals surface area contributed by atoms with E-state index in [1.807, 2.05) is 19.1 Å². The van der Waals surface area contributed by atoms with E-state index in [1.54, 1.807) is 12.1 Å². The van der Waals surface area contributed by atoms with Gasteiger partial charge in [0.05, 0.1) is 18.1 Å². The highest BCUT2D eigenvalue weighted by Gasteiger charge is 2.31. The van der Waals surface area contributed by atoms with Crippen molar-refractivity contribution < 1.29 is 17.9 Å². The Morgan fingerprint density at radius 2 is 1.82 bits per heavy atom. The summed E-state index contributed by atoms with van der Waals surface area (Å²) in [4.78, 5) is 0. The van der Waals surface area contributed by atoms with Gasteiger partial charge in [0.15, 0.2) is 5.75 Å². The van der Waals surface area contributed by atoms with Gasteiger partial charge in [-0.3, -0.25) is 0 Å². The third-order valence-electron chi connectivity index (χ3n) is 2.09. The summed E-state index contributed by atoms with van der Waals surface area (Å²) in [6.45, 7) is 1.92. The highest BCUT2D eigenvalue weighted by molar-refractivity contribution is 5.34. The molecular formula is C11H9F3N2O. The van der Waals surface area contributed by atoms with Crippen LogP contribution < -0.4 is 4.74 Å². The fraction of sp³-hybridized carbons (Fsp3) is 0.182. The van der Waals surface area contributed by atoms with Gasteiger partial charge >= 0.3 is 6.36 Å². The molecule has 0 bridgehead atoms. The van der Waals surface area contributed by atoms with Gasteiger partial charge in [-0.2, -0.15) is 5.10 Å². The number of aromatic nitrogens is 2. The molecule has 6 heteroatoms. The second-order valence-electron chi connectivity index (χ2n) is 3.50. The fourth-order valence-corrected chi connectivity index (χ4v) is 1.33. The molecule has 1 aromatic carbocycles. The normalized spacial score (nSPS) is 11.5. The van der Waals surface area contributed by atoms with Gasteiger partial charge in [0.1, 0.15) is 0 Å². The van der Waals surface area contributed by atoms with Crippen LogP contribution in [0.25, 0.3) is 5.69 Å². The molecule has 0 aliphatic heterocycles. The standard InChI is InChI=1S/C11H9F3N2O/c1-8-2-4-9(5-3-8)16-7-10(6-15-16)17-11(12,13)14/h2-7H,1H3. The molecule has 2 aromatic rings. The smallest absolute Gasteiger partial charge is 0.402 e. The Bertz CT molecular complexity index is 502. The molecule has 2 rings (SSSR count). The van der Waals surface area contributed by atoms with E-state index in [0.29, 0.717) is 5.69 Å². The van der Waals surface area contributed by atoms with E-state index in [2.05, 4.69) is 9.84 Å². The summed E-state index contributed by atoms with van der Waals surface area (Å²) in [5.41, 5.74) is 1.74. The molecular weight excluding hydrogens is 233 g/mol. The molecule has 0 saturated carbocycles. The molecule has 0 saturated heterocycles. The first-order chi connectivity index (χ1) is 7.94. The molecule has 0 radical (unpaired) electrons. The number of nitrogens with zero attached hydrogens (tertiary/aromatic N) is 2. The number of rotatable bonds is 2. The van der Waals surface area contributed by atoms with E-state index in [9.17, 15) is 13.2 Å². The van der Waals surface area contributed by atoms with Gasteiger partial charge in [0, 0.05) is 0 Å². The van der Waals surface area contributed by atoms with Crippen LogP contribution in [0.15, 0.2) is 36.7 Å². The number of aryl methyl sites for hydroxylation is 1. The summed E-state index contributed by atoms with van der Waals surface area (Å²) in [7, 11) is 0. The third-order valence-corrected chi connectivity index (χ3v) is 2.09. The van der Waals surface area contributed by atoms with Crippen LogP contribution in [0.5, 0.6) is 5.75 Å². The molecule has 0 atom stereocenters. The van der Waals surface area contributed by atoms with Crippen molar-refractivity contribution in [2.75, 3.05) is 0 Å². The van der Waals surface area contributed by atoms with Crippen molar-refractivity contribution in [3.8, 4) is 11.4 Å². The van der Waals surface area contributed by atoms with E-state index < -0.39 is 6.36 Å². The van der Waals surface area contributed by atoms with Crippen LogP contribution in [0, 0.1) is 6.92 Å². The molecule has 0 amide bonds. The first-order valence-electron chi connectivity index (χ1n) is 4.81. The van der Waals surface area contributed by atoms with Crippen molar-refractivity contribution in [3.05, 3.63) is 42.2 Å². The maximum Gasteiger partial charge on any atom is 0.573 e. The summed E-state index contributed by atoms with van der Waals surface area (Å²) in [5, 5.41) is 3.79. The van der Waals surface area contributed by atoms with Crippen LogP contribution in [0.4, 0.5) is 13.2 Å². The molecule has 0 fully saturated rings. The van der Waals surface area contributed by atoms with Crippen molar-refractivity contribution in [3.63, 3.8) is 0 Å². The molecule has 17 heavy (non-hydrogen) atoms. The van der Waals surface area contributed by atoms with Gasteiger partial charge in [0.25, 0.3) is 0 Å². The van der Waals surface area contributed by atoms with E-state index >= 15 is 0 Å². The number of alkyl halides is 3. The van der Waals surface area contributed by atoms with Crippen molar-refractivity contribution in [1.29, 1.82) is 0 Å². The SMILES string of the molecule is Cc1ccc(-n2cc(OC(F)(F)F)cn2)cc1. The predicted octanol–water partition coefficient (Wildman–Crippen LogP) is 3.08. The lowest BCUT2D eigenvalue weighted by molar-refractivity contribution is -0.274. The number of hydrogen-bond donors (Lipinski definition) is 0. The largest absolute Gasteiger partial charge is 0.573 e. The van der Waals surface area contributed by atoms with Gasteiger partial charge in [-0.15, -0.1) is 13.2 Å². The lowest BCUT2D eigenvalue weighted by atomic mass is 10.2. The average Bonchev–Trinajstić information content (AvgIpc) is 2.64. The predicted molar refractivity (Wildman–Crippen MR) is 55.0 cm³/mol. The maximum absolute atomic E-state index is 11.9. The number of hydrogen-bond acceptors (Lipinski definition) is 2. The fourth-order valence-electron chi connectivity index (χ4n) is 1.33. The first-order valence-corrected chi connectivity index (χ1v) is 4.81. The third kappa shape index (κ3) is 2.99. The molecule has 1 aromatic heterocycles. The maximum atomic E-state index is 11.9. The van der Waals surface area contributed by atoms with Crippen molar-refractivity contribution in [1.82, 2.24) is 9.78 Å². The first kappa shape index (κ1) is 11.5. The summed E-state index contributed by atoms with van der Waals surface area (Å²) in [6.07, 6.45) is -2.49. The van der Waals surface area contributed by atoms with Gasteiger partial charge in [-0.05, 0) is 19.1 Å². The zero-order valence-electron chi connectivity index (χ0n) is 8.90. The summed E-state index contributed by atoms with van der Waals surface area (Å²) in [5.74, 6) is -0.335. The van der Waals surface area contributed by atoms with Crippen molar-refractivity contribution in [2.45, 2.75) is 13.3 Å². The molecule has 90 valence electrons. The molecule has 0 N–H and O–H groups in total. The molecule has 0 unspecified atom stereocenters. The van der Waals surface area contributed by atoms with Crippen LogP contribution in [0.1, 0.15) is 5.56 Å². The Labute approximate surface area is 95.4 Å². The van der Waals surface area contributed by atoms with E-state index in [4.69, 9.17) is 0 Å². The second kappa shape index (κ2) is 4.12. The lowest BCUT2D eigenvalue weighted by Crippen LogP contribution is -2.16. The lowest BCUT2D eigenvalue weighted by Gasteiger charge is -2.05. The van der Waals surface area contributed by atoms with Gasteiger partial charge in [-0.25, -0.2) is 4.68 Å². The Kier molecular flexibility index (Phi) is 2.79. The minimum Gasteiger partial charge on any atom is -0.402 e. The Hall–Kier alpha value is -1.98. The minimum absolute atomic E-state index is 0.335. The van der Waals surface area contributed by atoms with E-state index in [1.165, 1.54) is 10.9 Å². The summed E-state index contributed by atoms with van der Waals surface area (Å²) < 4.78 is 40.9. The topological polar surface area (TPSA) is 27.1 Å².